The highest BCUT2D eigenvalue weighted by Gasteiger charge is 2.17. The molecule has 1 aliphatic rings. The number of benzene rings is 1. The van der Waals surface area contributed by atoms with Crippen LogP contribution < -0.4 is 16.0 Å². The lowest BCUT2D eigenvalue weighted by molar-refractivity contribution is -0.0499. The topological polar surface area (TPSA) is 56.5 Å². The van der Waals surface area contributed by atoms with Crippen LogP contribution in [0.15, 0.2) is 24.3 Å². The van der Waals surface area contributed by atoms with Crippen LogP contribution in [0.1, 0.15) is 43.7 Å². The molecule has 2 unspecified atom stereocenters. The number of alkyl halides is 2. The molecule has 118 valence electrons. The second-order valence-electron chi connectivity index (χ2n) is 5.24. The lowest BCUT2D eigenvalue weighted by atomic mass is 9.99. The highest BCUT2D eigenvalue weighted by molar-refractivity contribution is 5.30. The smallest absolute Gasteiger partial charge is 0.387 e. The quantitative estimate of drug-likeness (QED) is 0.572. The number of ether oxygens (including phenoxy) is 2. The summed E-state index contributed by atoms with van der Waals surface area (Å²) in [7, 11) is 0. The Balaban J connectivity index is 1.86. The molecule has 2 atom stereocenters. The summed E-state index contributed by atoms with van der Waals surface area (Å²) in [4.78, 5) is 0. The minimum Gasteiger partial charge on any atom is -0.435 e. The molecule has 0 amide bonds. The van der Waals surface area contributed by atoms with Gasteiger partial charge in [-0.2, -0.15) is 8.78 Å². The van der Waals surface area contributed by atoms with Gasteiger partial charge < -0.3 is 9.47 Å². The third kappa shape index (κ3) is 5.22. The van der Waals surface area contributed by atoms with E-state index in [1.807, 2.05) is 6.07 Å². The third-order valence-electron chi connectivity index (χ3n) is 3.73. The summed E-state index contributed by atoms with van der Waals surface area (Å²) in [6.07, 6.45) is 5.42. The highest BCUT2D eigenvalue weighted by Crippen LogP contribution is 2.25. The van der Waals surface area contributed by atoms with Gasteiger partial charge in [0, 0.05) is 12.6 Å². The lowest BCUT2D eigenvalue weighted by Gasteiger charge is -2.18. The van der Waals surface area contributed by atoms with E-state index in [1.54, 1.807) is 12.1 Å². The van der Waals surface area contributed by atoms with Crippen LogP contribution in [0.25, 0.3) is 0 Å². The molecule has 2 rings (SSSR count). The standard InChI is InChI=1S/C15H22F2N2O2/c16-15(17)21-13-6-1-4-11(10-13)14(19-18)8-2-5-12-7-3-9-20-12/h1,4,6,10,12,14-15,19H,2-3,5,7-9,18H2. The molecule has 1 aliphatic heterocycles. The van der Waals surface area contributed by atoms with Crippen molar-refractivity contribution in [3.63, 3.8) is 0 Å². The van der Waals surface area contributed by atoms with E-state index >= 15 is 0 Å². The largest absolute Gasteiger partial charge is 0.435 e. The Bertz CT molecular complexity index is 426. The maximum absolute atomic E-state index is 12.2. The summed E-state index contributed by atoms with van der Waals surface area (Å²) in [5.74, 6) is 5.73. The molecule has 0 aromatic heterocycles. The first kappa shape index (κ1) is 16.1. The molecule has 1 aromatic carbocycles. The molecule has 0 radical (unpaired) electrons. The first-order chi connectivity index (χ1) is 10.2. The van der Waals surface area contributed by atoms with Gasteiger partial charge in [0.15, 0.2) is 0 Å². The van der Waals surface area contributed by atoms with E-state index in [2.05, 4.69) is 10.2 Å². The minimum absolute atomic E-state index is 0.0763. The summed E-state index contributed by atoms with van der Waals surface area (Å²) >= 11 is 0. The summed E-state index contributed by atoms with van der Waals surface area (Å²) in [6, 6.07) is 6.58. The maximum Gasteiger partial charge on any atom is 0.387 e. The van der Waals surface area contributed by atoms with Gasteiger partial charge in [0.05, 0.1) is 6.10 Å². The van der Waals surface area contributed by atoms with Crippen molar-refractivity contribution in [1.82, 2.24) is 5.43 Å². The Morgan fingerprint density at radius 3 is 2.95 bits per heavy atom. The molecule has 1 heterocycles. The van der Waals surface area contributed by atoms with Gasteiger partial charge in [-0.3, -0.25) is 11.3 Å². The van der Waals surface area contributed by atoms with Crippen molar-refractivity contribution in [2.24, 2.45) is 5.84 Å². The van der Waals surface area contributed by atoms with Gasteiger partial charge in [-0.25, -0.2) is 0 Å². The molecule has 0 spiro atoms. The first-order valence-corrected chi connectivity index (χ1v) is 7.31. The van der Waals surface area contributed by atoms with Gasteiger partial charge in [0.2, 0.25) is 0 Å². The van der Waals surface area contributed by atoms with Gasteiger partial charge >= 0.3 is 6.61 Å². The second-order valence-corrected chi connectivity index (χ2v) is 5.24. The van der Waals surface area contributed by atoms with Gasteiger partial charge in [0.25, 0.3) is 0 Å². The monoisotopic (exact) mass is 300 g/mol. The van der Waals surface area contributed by atoms with Crippen molar-refractivity contribution in [1.29, 1.82) is 0 Å². The van der Waals surface area contributed by atoms with E-state index < -0.39 is 6.61 Å². The number of hydrazine groups is 1. The zero-order valence-electron chi connectivity index (χ0n) is 11.9. The van der Waals surface area contributed by atoms with Crippen molar-refractivity contribution in [3.05, 3.63) is 29.8 Å². The first-order valence-electron chi connectivity index (χ1n) is 7.31. The Labute approximate surface area is 123 Å². The molecular weight excluding hydrogens is 278 g/mol. The van der Waals surface area contributed by atoms with E-state index in [-0.39, 0.29) is 11.8 Å². The van der Waals surface area contributed by atoms with Crippen molar-refractivity contribution >= 4 is 0 Å². The average Bonchev–Trinajstić information content (AvgIpc) is 2.96. The SMILES string of the molecule is NNC(CCCC1CCCO1)c1cccc(OC(F)F)c1. The van der Waals surface area contributed by atoms with Crippen molar-refractivity contribution in [2.75, 3.05) is 6.61 Å². The van der Waals surface area contributed by atoms with Crippen LogP contribution in [0.2, 0.25) is 0 Å². The average molecular weight is 300 g/mol. The molecule has 1 aromatic rings. The minimum atomic E-state index is -2.82. The molecular formula is C15H22F2N2O2. The molecule has 0 aliphatic carbocycles. The predicted molar refractivity (Wildman–Crippen MR) is 76.0 cm³/mol. The van der Waals surface area contributed by atoms with Crippen molar-refractivity contribution < 1.29 is 18.3 Å². The molecule has 1 fully saturated rings. The molecule has 6 heteroatoms. The van der Waals surface area contributed by atoms with Gasteiger partial charge in [0.1, 0.15) is 5.75 Å². The summed E-state index contributed by atoms with van der Waals surface area (Å²) in [5, 5.41) is 0. The Hall–Kier alpha value is -1.24. The molecule has 4 nitrogen and oxygen atoms in total. The normalized spacial score (nSPS) is 19.9. The molecule has 21 heavy (non-hydrogen) atoms. The van der Waals surface area contributed by atoms with Crippen LogP contribution in [0, 0.1) is 0 Å². The van der Waals surface area contributed by atoms with Crippen molar-refractivity contribution in [3.8, 4) is 5.75 Å². The van der Waals surface area contributed by atoms with Crippen LogP contribution in [-0.4, -0.2) is 19.3 Å². The zero-order valence-corrected chi connectivity index (χ0v) is 11.9. The molecule has 0 saturated carbocycles. The number of hydrogen-bond acceptors (Lipinski definition) is 4. The molecule has 0 bridgehead atoms. The lowest BCUT2D eigenvalue weighted by Crippen LogP contribution is -2.28. The number of nitrogens with one attached hydrogen (secondary N) is 1. The Morgan fingerprint density at radius 2 is 2.29 bits per heavy atom. The van der Waals surface area contributed by atoms with E-state index in [0.717, 1.165) is 44.3 Å². The maximum atomic E-state index is 12.2. The van der Waals surface area contributed by atoms with Crippen LogP contribution in [-0.2, 0) is 4.74 Å². The van der Waals surface area contributed by atoms with Crippen LogP contribution in [0.4, 0.5) is 8.78 Å². The number of hydrogen-bond donors (Lipinski definition) is 2. The number of rotatable bonds is 8. The summed E-state index contributed by atoms with van der Waals surface area (Å²) < 4.78 is 34.5. The van der Waals surface area contributed by atoms with Crippen molar-refractivity contribution in [2.45, 2.75) is 50.9 Å². The molecule has 1 saturated heterocycles. The van der Waals surface area contributed by atoms with Gasteiger partial charge in [-0.15, -0.1) is 0 Å². The highest BCUT2D eigenvalue weighted by atomic mass is 19.3. The van der Waals surface area contributed by atoms with Crippen LogP contribution >= 0.6 is 0 Å². The Morgan fingerprint density at radius 1 is 1.43 bits per heavy atom. The fraction of sp³-hybridized carbons (Fsp3) is 0.600. The summed E-state index contributed by atoms with van der Waals surface area (Å²) in [5.41, 5.74) is 3.59. The van der Waals surface area contributed by atoms with Crippen LogP contribution in [0.5, 0.6) is 5.75 Å². The van der Waals surface area contributed by atoms with E-state index in [1.165, 1.54) is 6.07 Å². The fourth-order valence-electron chi connectivity index (χ4n) is 2.68. The third-order valence-corrected chi connectivity index (χ3v) is 3.73. The zero-order chi connectivity index (χ0) is 15.1. The number of nitrogens with two attached hydrogens (primary N) is 1. The molecule has 3 N–H and O–H groups in total. The van der Waals surface area contributed by atoms with Crippen LogP contribution in [0.3, 0.4) is 0 Å². The predicted octanol–water partition coefficient (Wildman–Crippen LogP) is 3.14. The number of halogens is 2. The van der Waals surface area contributed by atoms with E-state index in [0.29, 0.717) is 6.10 Å². The van der Waals surface area contributed by atoms with E-state index in [4.69, 9.17) is 10.6 Å². The second kappa shape index (κ2) is 8.26. The van der Waals surface area contributed by atoms with Gasteiger partial charge in [-0.05, 0) is 49.8 Å². The summed E-state index contributed by atoms with van der Waals surface area (Å²) in [6.45, 7) is -1.96. The van der Waals surface area contributed by atoms with E-state index in [9.17, 15) is 8.78 Å². The van der Waals surface area contributed by atoms with Gasteiger partial charge in [-0.1, -0.05) is 12.1 Å². The fourth-order valence-corrected chi connectivity index (χ4v) is 2.68. The Kier molecular flexibility index (Phi) is 6.35.